The molecule has 1 heterocycles. The lowest BCUT2D eigenvalue weighted by molar-refractivity contribution is 0.357. The first-order valence-electron chi connectivity index (χ1n) is 4.26. The van der Waals surface area contributed by atoms with Crippen molar-refractivity contribution < 1.29 is 4.74 Å². The summed E-state index contributed by atoms with van der Waals surface area (Å²) in [5, 5.41) is 0.417. The van der Waals surface area contributed by atoms with Crippen molar-refractivity contribution in [1.29, 1.82) is 0 Å². The molecule has 0 saturated heterocycles. The van der Waals surface area contributed by atoms with Crippen molar-refractivity contribution in [3.05, 3.63) is 54.8 Å². The zero-order valence-electron chi connectivity index (χ0n) is 7.22. The second-order valence-corrected chi connectivity index (χ2v) is 4.03. The fourth-order valence-electron chi connectivity index (χ4n) is 1.15. The second kappa shape index (κ2) is 4.38. The van der Waals surface area contributed by atoms with Crippen LogP contribution in [-0.4, -0.2) is 5.25 Å². The quantitative estimate of drug-likeness (QED) is 0.726. The summed E-state index contributed by atoms with van der Waals surface area (Å²) < 4.78 is 5.02. The van der Waals surface area contributed by atoms with Gasteiger partial charge >= 0.3 is 0 Å². The molecule has 2 rings (SSSR count). The molecule has 1 atom stereocenters. The van der Waals surface area contributed by atoms with Crippen LogP contribution in [0.1, 0.15) is 5.56 Å². The highest BCUT2D eigenvalue weighted by Crippen LogP contribution is 2.24. The first kappa shape index (κ1) is 8.70. The van der Waals surface area contributed by atoms with E-state index in [4.69, 9.17) is 4.74 Å². The molecular formula is C11H11OS. The van der Waals surface area contributed by atoms with E-state index in [1.165, 1.54) is 5.56 Å². The van der Waals surface area contributed by atoms with Gasteiger partial charge in [0.25, 0.3) is 0 Å². The van der Waals surface area contributed by atoms with E-state index >= 15 is 0 Å². The zero-order valence-corrected chi connectivity index (χ0v) is 8.04. The maximum Gasteiger partial charge on any atom is 0.151 e. The third-order valence-electron chi connectivity index (χ3n) is 1.84. The van der Waals surface area contributed by atoms with Gasteiger partial charge in [-0.15, -0.1) is 11.8 Å². The van der Waals surface area contributed by atoms with Crippen molar-refractivity contribution in [2.75, 3.05) is 0 Å². The van der Waals surface area contributed by atoms with E-state index in [2.05, 4.69) is 30.3 Å². The van der Waals surface area contributed by atoms with Crippen LogP contribution in [0.25, 0.3) is 0 Å². The minimum absolute atomic E-state index is 0.417. The lowest BCUT2D eigenvalue weighted by Crippen LogP contribution is -1.94. The monoisotopic (exact) mass is 191 g/mol. The lowest BCUT2D eigenvalue weighted by atomic mass is 10.2. The van der Waals surface area contributed by atoms with Gasteiger partial charge in [-0.25, -0.2) is 0 Å². The third-order valence-corrected chi connectivity index (χ3v) is 3.00. The number of rotatable bonds is 3. The SMILES string of the molecule is [CH]1OC=CC1SCc1ccccc1. The highest BCUT2D eigenvalue weighted by molar-refractivity contribution is 7.99. The fraction of sp³-hybridized carbons (Fsp3) is 0.182. The Morgan fingerprint density at radius 1 is 1.23 bits per heavy atom. The Hall–Kier alpha value is -0.890. The van der Waals surface area contributed by atoms with Crippen molar-refractivity contribution in [3.8, 4) is 0 Å². The zero-order chi connectivity index (χ0) is 8.93. The van der Waals surface area contributed by atoms with Gasteiger partial charge in [-0.2, -0.15) is 0 Å². The fourth-order valence-corrected chi connectivity index (χ4v) is 2.05. The van der Waals surface area contributed by atoms with Gasteiger partial charge in [0.05, 0.1) is 11.5 Å². The largest absolute Gasteiger partial charge is 0.493 e. The van der Waals surface area contributed by atoms with Crippen molar-refractivity contribution in [3.63, 3.8) is 0 Å². The Labute approximate surface area is 82.8 Å². The van der Waals surface area contributed by atoms with E-state index in [-0.39, 0.29) is 0 Å². The van der Waals surface area contributed by atoms with Gasteiger partial charge in [0.15, 0.2) is 6.61 Å². The molecule has 1 aliphatic heterocycles. The average molecular weight is 191 g/mol. The maximum atomic E-state index is 5.02. The molecule has 0 spiro atoms. The summed E-state index contributed by atoms with van der Waals surface area (Å²) in [5.41, 5.74) is 1.36. The Morgan fingerprint density at radius 2 is 2.08 bits per heavy atom. The van der Waals surface area contributed by atoms with Gasteiger partial charge < -0.3 is 4.74 Å². The van der Waals surface area contributed by atoms with Crippen LogP contribution >= 0.6 is 11.8 Å². The number of thioether (sulfide) groups is 1. The molecule has 0 aliphatic carbocycles. The average Bonchev–Trinajstić information content (AvgIpc) is 2.69. The number of hydrogen-bond donors (Lipinski definition) is 0. The molecule has 67 valence electrons. The van der Waals surface area contributed by atoms with Crippen LogP contribution in [-0.2, 0) is 10.5 Å². The first-order valence-corrected chi connectivity index (χ1v) is 5.31. The van der Waals surface area contributed by atoms with Crippen LogP contribution in [0.5, 0.6) is 0 Å². The van der Waals surface area contributed by atoms with E-state index in [1.54, 1.807) is 6.26 Å². The predicted octanol–water partition coefficient (Wildman–Crippen LogP) is 2.99. The molecule has 0 aromatic heterocycles. The van der Waals surface area contributed by atoms with Gasteiger partial charge in [-0.05, 0) is 11.6 Å². The van der Waals surface area contributed by atoms with Crippen molar-refractivity contribution in [2.45, 2.75) is 11.0 Å². The number of ether oxygens (including phenoxy) is 1. The Bertz CT molecular complexity index is 281. The third kappa shape index (κ3) is 2.52. The van der Waals surface area contributed by atoms with Crippen LogP contribution < -0.4 is 0 Å². The van der Waals surface area contributed by atoms with Crippen molar-refractivity contribution in [1.82, 2.24) is 0 Å². The van der Waals surface area contributed by atoms with Gasteiger partial charge in [-0.1, -0.05) is 30.3 Å². The normalized spacial score (nSPS) is 20.2. The Morgan fingerprint density at radius 3 is 2.77 bits per heavy atom. The summed E-state index contributed by atoms with van der Waals surface area (Å²) in [6, 6.07) is 10.5. The number of benzene rings is 1. The standard InChI is InChI=1S/C11H11OS/c1-2-4-10(5-3-1)9-13-11-6-7-12-8-11/h1-8,11H,9H2. The molecule has 1 radical (unpaired) electrons. The summed E-state index contributed by atoms with van der Waals surface area (Å²) >= 11 is 1.87. The Balaban J connectivity index is 1.82. The molecule has 1 aromatic carbocycles. The second-order valence-electron chi connectivity index (χ2n) is 2.86. The summed E-state index contributed by atoms with van der Waals surface area (Å²) in [5.74, 6) is 1.04. The van der Waals surface area contributed by atoms with Gasteiger partial charge in [-0.3, -0.25) is 0 Å². The van der Waals surface area contributed by atoms with E-state index in [0.29, 0.717) is 5.25 Å². The number of hydrogen-bond acceptors (Lipinski definition) is 2. The van der Waals surface area contributed by atoms with Crippen molar-refractivity contribution in [2.24, 2.45) is 0 Å². The molecule has 1 unspecified atom stereocenters. The van der Waals surface area contributed by atoms with Crippen LogP contribution in [0, 0.1) is 6.61 Å². The summed E-state index contributed by atoms with van der Waals surface area (Å²) in [6.07, 6.45) is 3.80. The molecule has 13 heavy (non-hydrogen) atoms. The highest BCUT2D eigenvalue weighted by Gasteiger charge is 2.10. The van der Waals surface area contributed by atoms with Crippen LogP contribution in [0.2, 0.25) is 0 Å². The molecule has 0 saturated carbocycles. The first-order chi connectivity index (χ1) is 6.45. The molecule has 0 N–H and O–H groups in total. The highest BCUT2D eigenvalue weighted by atomic mass is 32.2. The predicted molar refractivity (Wildman–Crippen MR) is 56.1 cm³/mol. The minimum Gasteiger partial charge on any atom is -0.493 e. The molecule has 1 aliphatic rings. The molecular weight excluding hydrogens is 180 g/mol. The molecule has 0 fully saturated rings. The maximum absolute atomic E-state index is 5.02. The van der Waals surface area contributed by atoms with Crippen LogP contribution in [0.3, 0.4) is 0 Å². The molecule has 0 amide bonds. The summed E-state index contributed by atoms with van der Waals surface area (Å²) in [4.78, 5) is 0. The smallest absolute Gasteiger partial charge is 0.151 e. The molecule has 2 heteroatoms. The molecule has 1 nitrogen and oxygen atoms in total. The molecule has 1 aromatic rings. The van der Waals surface area contributed by atoms with Crippen molar-refractivity contribution >= 4 is 11.8 Å². The van der Waals surface area contributed by atoms with Crippen LogP contribution in [0.15, 0.2) is 42.7 Å². The van der Waals surface area contributed by atoms with Crippen LogP contribution in [0.4, 0.5) is 0 Å². The van der Waals surface area contributed by atoms with E-state index < -0.39 is 0 Å². The van der Waals surface area contributed by atoms with E-state index in [9.17, 15) is 0 Å². The van der Waals surface area contributed by atoms with E-state index in [1.807, 2.05) is 24.4 Å². The summed E-state index contributed by atoms with van der Waals surface area (Å²) in [7, 11) is 0. The minimum atomic E-state index is 0.417. The van der Waals surface area contributed by atoms with Gasteiger partial charge in [0.2, 0.25) is 0 Å². The van der Waals surface area contributed by atoms with E-state index in [0.717, 1.165) is 5.75 Å². The molecule has 0 bridgehead atoms. The van der Waals surface area contributed by atoms with Gasteiger partial charge in [0.1, 0.15) is 0 Å². The summed E-state index contributed by atoms with van der Waals surface area (Å²) in [6.45, 7) is 1.85. The van der Waals surface area contributed by atoms with Gasteiger partial charge in [0, 0.05) is 5.75 Å². The Kier molecular flexibility index (Phi) is 2.93. The lowest BCUT2D eigenvalue weighted by Gasteiger charge is -2.04. The topological polar surface area (TPSA) is 9.23 Å².